The van der Waals surface area contributed by atoms with E-state index < -0.39 is 21.5 Å². The number of carbonyl (C=O) groups is 1. The molecule has 0 aromatic heterocycles. The smallest absolute Gasteiger partial charge is 0.407 e. The van der Waals surface area contributed by atoms with Crippen LogP contribution in [-0.2, 0) is 14.6 Å². The second-order valence-electron chi connectivity index (χ2n) is 8.07. The lowest BCUT2D eigenvalue weighted by atomic mass is 10.0. The van der Waals surface area contributed by atoms with Gasteiger partial charge in [-0.3, -0.25) is 4.99 Å². The van der Waals surface area contributed by atoms with E-state index in [2.05, 4.69) is 15.6 Å². The van der Waals surface area contributed by atoms with Gasteiger partial charge in [-0.2, -0.15) is 0 Å². The zero-order valence-corrected chi connectivity index (χ0v) is 21.7. The fourth-order valence-corrected chi connectivity index (χ4v) is 2.68. The number of hydrogen-bond donors (Lipinski definition) is 2. The lowest BCUT2D eigenvalue weighted by Gasteiger charge is -2.28. The highest BCUT2D eigenvalue weighted by Gasteiger charge is 2.22. The van der Waals surface area contributed by atoms with Gasteiger partial charge in [0.05, 0.1) is 12.3 Å². The van der Waals surface area contributed by atoms with E-state index >= 15 is 0 Å². The summed E-state index contributed by atoms with van der Waals surface area (Å²) < 4.78 is 27.9. The van der Waals surface area contributed by atoms with Crippen LogP contribution in [0.2, 0.25) is 0 Å². The molecule has 1 amide bonds. The van der Waals surface area contributed by atoms with Gasteiger partial charge < -0.3 is 20.3 Å². The Balaban J connectivity index is 0. The summed E-state index contributed by atoms with van der Waals surface area (Å²) in [6, 6.07) is -0.0406. The zero-order valence-electron chi connectivity index (χ0n) is 18.5. The highest BCUT2D eigenvalue weighted by molar-refractivity contribution is 14.0. The number of halogens is 1. The molecule has 2 N–H and O–H groups in total. The predicted octanol–water partition coefficient (Wildman–Crippen LogP) is 2.49. The van der Waals surface area contributed by atoms with Crippen LogP contribution in [0.1, 0.15) is 48.0 Å². The van der Waals surface area contributed by atoms with Gasteiger partial charge in [0, 0.05) is 32.4 Å². The summed E-state index contributed by atoms with van der Waals surface area (Å²) in [6.07, 6.45) is 1.50. The van der Waals surface area contributed by atoms with Gasteiger partial charge in [0.2, 0.25) is 0 Å². The molecule has 168 valence electrons. The van der Waals surface area contributed by atoms with Crippen molar-refractivity contribution < 1.29 is 17.9 Å². The van der Waals surface area contributed by atoms with Crippen molar-refractivity contribution in [3.8, 4) is 0 Å². The summed E-state index contributed by atoms with van der Waals surface area (Å²) >= 11 is 0. The minimum Gasteiger partial charge on any atom is -0.444 e. The van der Waals surface area contributed by atoms with E-state index in [1.807, 2.05) is 53.5 Å². The second kappa shape index (κ2) is 13.4. The standard InChI is InChI=1S/C18H38N4O4S.HI/c1-9-19-16(20-11-13-27(8,24)25)22(7)12-10-15(14(2)3)21-17(23)26-18(4,5)6;/h14-15H,9-13H2,1-8H3,(H,19,20)(H,21,23);1H. The maximum atomic E-state index is 12.1. The first-order chi connectivity index (χ1) is 12.2. The summed E-state index contributed by atoms with van der Waals surface area (Å²) in [5, 5.41) is 6.10. The van der Waals surface area contributed by atoms with E-state index in [0.29, 0.717) is 25.5 Å². The van der Waals surface area contributed by atoms with E-state index in [1.54, 1.807) is 0 Å². The molecule has 10 heteroatoms. The highest BCUT2D eigenvalue weighted by Crippen LogP contribution is 2.11. The third kappa shape index (κ3) is 15.2. The first-order valence-electron chi connectivity index (χ1n) is 9.42. The summed E-state index contributed by atoms with van der Waals surface area (Å²) in [7, 11) is -1.15. The Kier molecular flexibility index (Phi) is 14.1. The minimum absolute atomic E-state index is 0. The summed E-state index contributed by atoms with van der Waals surface area (Å²) in [5.74, 6) is 0.918. The molecule has 0 rings (SSSR count). The Morgan fingerprint density at radius 1 is 1.25 bits per heavy atom. The Labute approximate surface area is 188 Å². The van der Waals surface area contributed by atoms with E-state index in [1.165, 1.54) is 6.26 Å². The maximum absolute atomic E-state index is 12.1. The molecule has 0 aromatic rings. The lowest BCUT2D eigenvalue weighted by molar-refractivity contribution is 0.0486. The SMILES string of the molecule is CCNC(=NCCS(C)(=O)=O)N(C)CCC(NC(=O)OC(C)(C)C)C(C)C.I. The molecule has 28 heavy (non-hydrogen) atoms. The topological polar surface area (TPSA) is 100 Å². The van der Waals surface area contributed by atoms with Crippen molar-refractivity contribution in [3.63, 3.8) is 0 Å². The van der Waals surface area contributed by atoms with Crippen LogP contribution in [0.4, 0.5) is 4.79 Å². The van der Waals surface area contributed by atoms with Gasteiger partial charge >= 0.3 is 6.09 Å². The van der Waals surface area contributed by atoms with Crippen LogP contribution < -0.4 is 10.6 Å². The van der Waals surface area contributed by atoms with Crippen LogP contribution in [0.5, 0.6) is 0 Å². The number of hydrogen-bond acceptors (Lipinski definition) is 5. The van der Waals surface area contributed by atoms with E-state index in [0.717, 1.165) is 0 Å². The normalized spacial score (nSPS) is 13.5. The number of nitrogens with zero attached hydrogens (tertiary/aromatic N) is 2. The first-order valence-corrected chi connectivity index (χ1v) is 11.5. The molecule has 0 heterocycles. The average molecular weight is 535 g/mol. The first kappa shape index (κ1) is 29.4. The van der Waals surface area contributed by atoms with Crippen molar-refractivity contribution >= 4 is 45.9 Å². The molecule has 0 aliphatic carbocycles. The number of ether oxygens (including phenoxy) is 1. The van der Waals surface area contributed by atoms with E-state index in [9.17, 15) is 13.2 Å². The highest BCUT2D eigenvalue weighted by atomic mass is 127. The van der Waals surface area contributed by atoms with E-state index in [-0.39, 0.29) is 48.2 Å². The summed E-state index contributed by atoms with van der Waals surface area (Å²) in [5.41, 5.74) is -0.535. The van der Waals surface area contributed by atoms with Gasteiger partial charge in [-0.05, 0) is 40.0 Å². The number of sulfone groups is 1. The fraction of sp³-hybridized carbons (Fsp3) is 0.889. The van der Waals surface area contributed by atoms with Crippen LogP contribution in [0, 0.1) is 5.92 Å². The molecule has 0 spiro atoms. The van der Waals surface area contributed by atoms with Gasteiger partial charge in [-0.15, -0.1) is 24.0 Å². The van der Waals surface area contributed by atoms with Gasteiger partial charge in [0.15, 0.2) is 5.96 Å². The third-order valence-electron chi connectivity index (χ3n) is 3.70. The van der Waals surface area contributed by atoms with Crippen LogP contribution in [0.25, 0.3) is 0 Å². The number of aliphatic imine (C=N–C) groups is 1. The maximum Gasteiger partial charge on any atom is 0.407 e. The lowest BCUT2D eigenvalue weighted by Crippen LogP contribution is -2.45. The Hall–Kier alpha value is -0.780. The Bertz CT molecular complexity index is 589. The average Bonchev–Trinajstić information content (AvgIpc) is 2.46. The monoisotopic (exact) mass is 534 g/mol. The van der Waals surface area contributed by atoms with Gasteiger partial charge in [0.25, 0.3) is 0 Å². The van der Waals surface area contributed by atoms with Gasteiger partial charge in [-0.25, -0.2) is 13.2 Å². The molecule has 1 unspecified atom stereocenters. The zero-order chi connectivity index (χ0) is 21.3. The number of carbonyl (C=O) groups excluding carboxylic acids is 1. The molecular formula is C18H39IN4O4S. The van der Waals surface area contributed by atoms with Crippen molar-refractivity contribution in [2.24, 2.45) is 10.9 Å². The van der Waals surface area contributed by atoms with Crippen molar-refractivity contribution in [3.05, 3.63) is 0 Å². The molecule has 0 aromatic carbocycles. The van der Waals surface area contributed by atoms with Crippen LogP contribution in [0.15, 0.2) is 4.99 Å². The number of nitrogens with one attached hydrogen (secondary N) is 2. The molecule has 0 aliphatic rings. The van der Waals surface area contributed by atoms with Crippen molar-refractivity contribution in [2.45, 2.75) is 59.6 Å². The largest absolute Gasteiger partial charge is 0.444 e. The van der Waals surface area contributed by atoms with Gasteiger partial charge in [0.1, 0.15) is 15.4 Å². The number of amides is 1. The molecular weight excluding hydrogens is 495 g/mol. The minimum atomic E-state index is -3.04. The van der Waals surface area contributed by atoms with E-state index in [4.69, 9.17) is 4.74 Å². The van der Waals surface area contributed by atoms with Gasteiger partial charge in [-0.1, -0.05) is 13.8 Å². The number of alkyl carbamates (subject to hydrolysis) is 1. The van der Waals surface area contributed by atoms with Crippen molar-refractivity contribution in [1.82, 2.24) is 15.5 Å². The van der Waals surface area contributed by atoms with Crippen molar-refractivity contribution in [1.29, 1.82) is 0 Å². The van der Waals surface area contributed by atoms with Crippen LogP contribution in [-0.4, -0.2) is 75.7 Å². The fourth-order valence-electron chi connectivity index (χ4n) is 2.26. The predicted molar refractivity (Wildman–Crippen MR) is 126 cm³/mol. The van der Waals surface area contributed by atoms with Crippen LogP contribution in [0.3, 0.4) is 0 Å². The molecule has 8 nitrogen and oxygen atoms in total. The molecule has 0 aliphatic heterocycles. The summed E-state index contributed by atoms with van der Waals surface area (Å²) in [6.45, 7) is 13.1. The molecule has 0 saturated carbocycles. The molecule has 0 bridgehead atoms. The Morgan fingerprint density at radius 2 is 1.82 bits per heavy atom. The summed E-state index contributed by atoms with van der Waals surface area (Å²) in [4.78, 5) is 18.4. The molecule has 1 atom stereocenters. The molecule has 0 radical (unpaired) electrons. The second-order valence-corrected chi connectivity index (χ2v) is 10.3. The molecule has 0 saturated heterocycles. The van der Waals surface area contributed by atoms with Crippen LogP contribution >= 0.6 is 24.0 Å². The Morgan fingerprint density at radius 3 is 2.25 bits per heavy atom. The number of guanidine groups is 1. The molecule has 0 fully saturated rings. The quantitative estimate of drug-likeness (QED) is 0.268. The van der Waals surface area contributed by atoms with Crippen molar-refractivity contribution in [2.75, 3.05) is 38.7 Å². The third-order valence-corrected chi connectivity index (χ3v) is 4.63. The number of rotatable bonds is 9.